The molecule has 0 aromatic heterocycles. The summed E-state index contributed by atoms with van der Waals surface area (Å²) in [6, 6.07) is -0.699. The van der Waals surface area contributed by atoms with Gasteiger partial charge in [-0.2, -0.15) is 0 Å². The number of carboxylic acids is 1. The average Bonchev–Trinajstić information content (AvgIpc) is 2.05. The minimum Gasteiger partial charge on any atom is -0.480 e. The van der Waals surface area contributed by atoms with Crippen LogP contribution in [0.15, 0.2) is 0 Å². The summed E-state index contributed by atoms with van der Waals surface area (Å²) in [6.45, 7) is 7.76. The Bertz CT molecular complexity index is 104. The highest BCUT2D eigenvalue weighted by atomic mass is 16.4. The minimum atomic E-state index is -0.913. The summed E-state index contributed by atoms with van der Waals surface area (Å²) < 4.78 is 0. The van der Waals surface area contributed by atoms with Crippen molar-refractivity contribution in [1.29, 1.82) is 0 Å². The van der Waals surface area contributed by atoms with Crippen molar-refractivity contribution >= 4 is 5.97 Å². The fourth-order valence-electron chi connectivity index (χ4n) is 0.497. The summed E-state index contributed by atoms with van der Waals surface area (Å²) in [5, 5.41) is 8.36. The monoisotopic (exact) mass is 161 g/mol. The molecule has 0 spiro atoms. The van der Waals surface area contributed by atoms with Gasteiger partial charge in [0, 0.05) is 0 Å². The van der Waals surface area contributed by atoms with Crippen molar-refractivity contribution in [3.05, 3.63) is 0 Å². The molecule has 0 aliphatic carbocycles. The van der Waals surface area contributed by atoms with E-state index in [1.54, 1.807) is 0 Å². The number of carboxylic acid groups (broad SMARTS) is 1. The summed E-state index contributed by atoms with van der Waals surface area (Å²) in [5.41, 5.74) is 5.27. The molecule has 0 aromatic rings. The molecule has 0 amide bonds. The van der Waals surface area contributed by atoms with Crippen LogP contribution in [0.25, 0.3) is 0 Å². The van der Waals surface area contributed by atoms with Gasteiger partial charge in [0.15, 0.2) is 0 Å². The van der Waals surface area contributed by atoms with Crippen LogP contribution in [-0.2, 0) is 4.79 Å². The Kier molecular flexibility index (Phi) is 8.94. The van der Waals surface area contributed by atoms with E-state index in [1.165, 1.54) is 0 Å². The quantitative estimate of drug-likeness (QED) is 0.658. The van der Waals surface area contributed by atoms with E-state index in [0.717, 1.165) is 6.42 Å². The molecule has 0 heterocycles. The fourth-order valence-corrected chi connectivity index (χ4v) is 0.497. The van der Waals surface area contributed by atoms with Crippen LogP contribution in [0.2, 0.25) is 0 Å². The minimum absolute atomic E-state index is 0.0718. The van der Waals surface area contributed by atoms with Gasteiger partial charge in [0.1, 0.15) is 6.04 Å². The molecular formula is C8H19NO2. The third-order valence-electron chi connectivity index (χ3n) is 1.54. The molecule has 3 nitrogen and oxygen atoms in total. The summed E-state index contributed by atoms with van der Waals surface area (Å²) >= 11 is 0. The van der Waals surface area contributed by atoms with Gasteiger partial charge in [-0.15, -0.1) is 0 Å². The number of aliphatic carboxylic acids is 1. The lowest BCUT2D eigenvalue weighted by atomic mass is 10.0. The van der Waals surface area contributed by atoms with Crippen molar-refractivity contribution in [2.45, 2.75) is 40.2 Å². The zero-order chi connectivity index (χ0) is 9.44. The van der Waals surface area contributed by atoms with Crippen molar-refractivity contribution in [1.82, 2.24) is 0 Å². The lowest BCUT2D eigenvalue weighted by Gasteiger charge is -2.11. The molecule has 0 aliphatic rings. The van der Waals surface area contributed by atoms with Crippen LogP contribution in [0.3, 0.4) is 0 Å². The van der Waals surface area contributed by atoms with Gasteiger partial charge >= 0.3 is 5.97 Å². The summed E-state index contributed by atoms with van der Waals surface area (Å²) in [7, 11) is 0. The smallest absolute Gasteiger partial charge is 0.320 e. The topological polar surface area (TPSA) is 63.3 Å². The molecule has 0 aliphatic heterocycles. The van der Waals surface area contributed by atoms with Crippen LogP contribution >= 0.6 is 0 Å². The SMILES string of the molecule is CC.CCC(C)C(N)C(=O)O. The van der Waals surface area contributed by atoms with Crippen LogP contribution in [0.4, 0.5) is 0 Å². The lowest BCUT2D eigenvalue weighted by molar-refractivity contribution is -0.139. The van der Waals surface area contributed by atoms with Crippen molar-refractivity contribution in [3.8, 4) is 0 Å². The Hall–Kier alpha value is -0.570. The Morgan fingerprint density at radius 3 is 2.00 bits per heavy atom. The fraction of sp³-hybridized carbons (Fsp3) is 0.875. The van der Waals surface area contributed by atoms with Gasteiger partial charge in [0.2, 0.25) is 0 Å². The maximum absolute atomic E-state index is 10.2. The molecule has 3 N–H and O–H groups in total. The van der Waals surface area contributed by atoms with Gasteiger partial charge in [-0.25, -0.2) is 0 Å². The molecule has 0 radical (unpaired) electrons. The second-order valence-electron chi connectivity index (χ2n) is 2.25. The molecule has 0 rings (SSSR count). The first-order chi connectivity index (χ1) is 5.09. The predicted molar refractivity (Wildman–Crippen MR) is 46.4 cm³/mol. The van der Waals surface area contributed by atoms with Gasteiger partial charge in [-0.1, -0.05) is 34.1 Å². The summed E-state index contributed by atoms with van der Waals surface area (Å²) in [6.07, 6.45) is 0.813. The normalized spacial score (nSPS) is 14.3. The van der Waals surface area contributed by atoms with E-state index in [1.807, 2.05) is 27.7 Å². The molecule has 0 saturated carbocycles. The Morgan fingerprint density at radius 1 is 1.55 bits per heavy atom. The molecule has 2 unspecified atom stereocenters. The molecule has 2 atom stereocenters. The molecular weight excluding hydrogens is 142 g/mol. The third kappa shape index (κ3) is 5.85. The van der Waals surface area contributed by atoms with Crippen molar-refractivity contribution < 1.29 is 9.90 Å². The molecule has 68 valence electrons. The highest BCUT2D eigenvalue weighted by molar-refractivity contribution is 5.73. The van der Waals surface area contributed by atoms with E-state index in [4.69, 9.17) is 10.8 Å². The van der Waals surface area contributed by atoms with E-state index >= 15 is 0 Å². The summed E-state index contributed by atoms with van der Waals surface area (Å²) in [5.74, 6) is -0.841. The van der Waals surface area contributed by atoms with E-state index in [-0.39, 0.29) is 5.92 Å². The first-order valence-electron chi connectivity index (χ1n) is 4.08. The van der Waals surface area contributed by atoms with Crippen LogP contribution in [0.1, 0.15) is 34.1 Å². The average molecular weight is 161 g/mol. The van der Waals surface area contributed by atoms with Crippen LogP contribution in [0.5, 0.6) is 0 Å². The first kappa shape index (κ1) is 13.1. The second kappa shape index (κ2) is 7.54. The van der Waals surface area contributed by atoms with Crippen molar-refractivity contribution in [2.75, 3.05) is 0 Å². The highest BCUT2D eigenvalue weighted by Gasteiger charge is 2.17. The largest absolute Gasteiger partial charge is 0.480 e. The summed E-state index contributed by atoms with van der Waals surface area (Å²) in [4.78, 5) is 10.2. The van der Waals surface area contributed by atoms with Gasteiger partial charge in [-0.3, -0.25) is 4.79 Å². The molecule has 0 saturated heterocycles. The number of carbonyl (C=O) groups is 1. The molecule has 3 heteroatoms. The number of rotatable bonds is 3. The van der Waals surface area contributed by atoms with E-state index in [0.29, 0.717) is 0 Å². The number of hydrogen-bond donors (Lipinski definition) is 2. The zero-order valence-electron chi connectivity index (χ0n) is 7.79. The van der Waals surface area contributed by atoms with E-state index < -0.39 is 12.0 Å². The highest BCUT2D eigenvalue weighted by Crippen LogP contribution is 2.04. The Labute approximate surface area is 68.6 Å². The van der Waals surface area contributed by atoms with Crippen molar-refractivity contribution in [2.24, 2.45) is 11.7 Å². The maximum atomic E-state index is 10.2. The molecule has 0 fully saturated rings. The van der Waals surface area contributed by atoms with Crippen LogP contribution < -0.4 is 5.73 Å². The van der Waals surface area contributed by atoms with Gasteiger partial charge < -0.3 is 10.8 Å². The maximum Gasteiger partial charge on any atom is 0.320 e. The second-order valence-corrected chi connectivity index (χ2v) is 2.25. The van der Waals surface area contributed by atoms with E-state index in [2.05, 4.69) is 0 Å². The molecule has 0 aromatic carbocycles. The van der Waals surface area contributed by atoms with Crippen LogP contribution in [0, 0.1) is 5.92 Å². The Morgan fingerprint density at radius 2 is 1.91 bits per heavy atom. The van der Waals surface area contributed by atoms with Gasteiger partial charge in [0.05, 0.1) is 0 Å². The van der Waals surface area contributed by atoms with E-state index in [9.17, 15) is 4.79 Å². The van der Waals surface area contributed by atoms with Gasteiger partial charge in [-0.05, 0) is 5.92 Å². The standard InChI is InChI=1S/C6H13NO2.C2H6/c1-3-4(2)5(7)6(8)9;1-2/h4-5H,3,7H2,1-2H3,(H,8,9);1-2H3. The first-order valence-corrected chi connectivity index (χ1v) is 4.08. The van der Waals surface area contributed by atoms with Gasteiger partial charge in [0.25, 0.3) is 0 Å². The number of hydrogen-bond acceptors (Lipinski definition) is 2. The molecule has 11 heavy (non-hydrogen) atoms. The van der Waals surface area contributed by atoms with Crippen LogP contribution in [-0.4, -0.2) is 17.1 Å². The van der Waals surface area contributed by atoms with Crippen molar-refractivity contribution in [3.63, 3.8) is 0 Å². The Balaban J connectivity index is 0. The predicted octanol–water partition coefficient (Wildman–Crippen LogP) is 1.47. The zero-order valence-corrected chi connectivity index (χ0v) is 7.79. The molecule has 0 bridgehead atoms. The number of nitrogens with two attached hydrogens (primary N) is 1. The third-order valence-corrected chi connectivity index (χ3v) is 1.54. The lowest BCUT2D eigenvalue weighted by Crippen LogP contribution is -2.36.